The number of nitrogens with zero attached hydrogens (tertiary/aromatic N) is 1. The molecule has 2 N–H and O–H groups in total. The summed E-state index contributed by atoms with van der Waals surface area (Å²) in [4.78, 5) is 17.0. The van der Waals surface area contributed by atoms with E-state index in [2.05, 4.69) is 10.3 Å². The molecule has 0 saturated carbocycles. The van der Waals surface area contributed by atoms with Crippen molar-refractivity contribution in [2.24, 2.45) is 0 Å². The molecule has 1 aromatic heterocycles. The summed E-state index contributed by atoms with van der Waals surface area (Å²) in [7, 11) is 0. The van der Waals surface area contributed by atoms with E-state index in [4.69, 9.17) is 0 Å². The van der Waals surface area contributed by atoms with Crippen LogP contribution in [0, 0.1) is 0 Å². The van der Waals surface area contributed by atoms with Gasteiger partial charge in [-0.2, -0.15) is 0 Å². The number of carbonyl (C=O) groups excluding carboxylic acids is 1. The highest BCUT2D eigenvalue weighted by atomic mass is 32.1. The van der Waals surface area contributed by atoms with Crippen molar-refractivity contribution >= 4 is 17.2 Å². The lowest BCUT2D eigenvalue weighted by molar-refractivity contribution is 0.0920. The number of aromatic nitrogens is 1. The molecule has 4 nitrogen and oxygen atoms in total. The Morgan fingerprint density at radius 2 is 2.05 bits per heavy atom. The lowest BCUT2D eigenvalue weighted by Gasteiger charge is -2.15. The minimum Gasteiger partial charge on any atom is -0.394 e. The van der Waals surface area contributed by atoms with Crippen LogP contribution in [0.5, 0.6) is 0 Å². The summed E-state index contributed by atoms with van der Waals surface area (Å²) < 4.78 is 0. The monoisotopic (exact) mass is 304 g/mol. The topological polar surface area (TPSA) is 62.2 Å². The first-order valence-corrected chi connectivity index (χ1v) is 7.83. The summed E-state index contributed by atoms with van der Waals surface area (Å²) in [6.07, 6.45) is 2.21. The predicted octanol–water partition coefficient (Wildman–Crippen LogP) is 2.60. The van der Waals surface area contributed by atoms with Crippen LogP contribution in [0.2, 0.25) is 0 Å². The summed E-state index contributed by atoms with van der Waals surface area (Å²) in [5.74, 6) is 0.142. The second-order valence-electron chi connectivity index (χ2n) is 5.26. The Kier molecular flexibility index (Phi) is 5.47. The highest BCUT2D eigenvalue weighted by molar-refractivity contribution is 7.13. The number of aliphatic hydroxyl groups excluding tert-OH is 1. The van der Waals surface area contributed by atoms with E-state index in [-0.39, 0.29) is 18.6 Å². The Labute approximate surface area is 128 Å². The van der Waals surface area contributed by atoms with Crippen LogP contribution in [0.25, 0.3) is 0 Å². The zero-order valence-corrected chi connectivity index (χ0v) is 13.1. The van der Waals surface area contributed by atoms with Gasteiger partial charge in [0.05, 0.1) is 23.9 Å². The van der Waals surface area contributed by atoms with E-state index >= 15 is 0 Å². The predicted molar refractivity (Wildman–Crippen MR) is 84.7 cm³/mol. The number of benzene rings is 1. The lowest BCUT2D eigenvalue weighted by Crippen LogP contribution is -2.38. The SMILES string of the molecule is CC(C)c1ncc(C(=O)NC(CO)Cc2ccccc2)s1. The molecule has 0 radical (unpaired) electrons. The Bertz CT molecular complexity index is 581. The van der Waals surface area contributed by atoms with Crippen LogP contribution < -0.4 is 5.32 Å². The molecule has 0 aliphatic carbocycles. The smallest absolute Gasteiger partial charge is 0.263 e. The van der Waals surface area contributed by atoms with Crippen LogP contribution in [-0.2, 0) is 6.42 Å². The van der Waals surface area contributed by atoms with Gasteiger partial charge in [0.25, 0.3) is 5.91 Å². The van der Waals surface area contributed by atoms with Crippen LogP contribution in [-0.4, -0.2) is 28.6 Å². The summed E-state index contributed by atoms with van der Waals surface area (Å²) in [6, 6.07) is 9.52. The molecule has 1 atom stereocenters. The van der Waals surface area contributed by atoms with Crippen molar-refractivity contribution in [3.63, 3.8) is 0 Å². The molecule has 21 heavy (non-hydrogen) atoms. The van der Waals surface area contributed by atoms with E-state index in [0.717, 1.165) is 10.6 Å². The standard InChI is InChI=1S/C16H20N2O2S/c1-11(2)16-17-9-14(21-16)15(20)18-13(10-19)8-12-6-4-3-5-7-12/h3-7,9,11,13,19H,8,10H2,1-2H3,(H,18,20). The molecular formula is C16H20N2O2S. The fourth-order valence-corrected chi connectivity index (χ4v) is 2.80. The van der Waals surface area contributed by atoms with E-state index in [0.29, 0.717) is 17.2 Å². The quantitative estimate of drug-likeness (QED) is 0.862. The van der Waals surface area contributed by atoms with Crippen molar-refractivity contribution < 1.29 is 9.90 Å². The van der Waals surface area contributed by atoms with Crippen molar-refractivity contribution in [1.82, 2.24) is 10.3 Å². The Hall–Kier alpha value is -1.72. The molecule has 0 bridgehead atoms. The van der Waals surface area contributed by atoms with E-state index in [1.807, 2.05) is 44.2 Å². The van der Waals surface area contributed by atoms with Gasteiger partial charge in [-0.05, 0) is 12.0 Å². The zero-order chi connectivity index (χ0) is 15.2. The number of hydrogen-bond donors (Lipinski definition) is 2. The average molecular weight is 304 g/mol. The van der Waals surface area contributed by atoms with E-state index < -0.39 is 0 Å². The maximum atomic E-state index is 12.2. The van der Waals surface area contributed by atoms with Crippen LogP contribution in [0.15, 0.2) is 36.5 Å². The summed E-state index contributed by atoms with van der Waals surface area (Å²) in [6.45, 7) is 4.01. The molecule has 0 aliphatic rings. The number of rotatable bonds is 6. The van der Waals surface area contributed by atoms with E-state index in [9.17, 15) is 9.90 Å². The summed E-state index contributed by atoms with van der Waals surface area (Å²) >= 11 is 1.40. The van der Waals surface area contributed by atoms with Crippen molar-refractivity contribution in [3.05, 3.63) is 52.0 Å². The molecular weight excluding hydrogens is 284 g/mol. The van der Waals surface area contributed by atoms with Gasteiger partial charge in [0.2, 0.25) is 0 Å². The van der Waals surface area contributed by atoms with Gasteiger partial charge in [-0.1, -0.05) is 44.2 Å². The minimum absolute atomic E-state index is 0.0868. The zero-order valence-electron chi connectivity index (χ0n) is 12.2. The van der Waals surface area contributed by atoms with Crippen LogP contribution in [0.4, 0.5) is 0 Å². The lowest BCUT2D eigenvalue weighted by atomic mass is 10.1. The number of thiazole rings is 1. The average Bonchev–Trinajstić information content (AvgIpc) is 2.97. The molecule has 112 valence electrons. The molecule has 0 fully saturated rings. The van der Waals surface area contributed by atoms with Crippen molar-refractivity contribution in [1.29, 1.82) is 0 Å². The highest BCUT2D eigenvalue weighted by Gasteiger charge is 2.16. The first kappa shape index (κ1) is 15.7. The number of aliphatic hydroxyl groups is 1. The molecule has 0 saturated heterocycles. The number of nitrogens with one attached hydrogen (secondary N) is 1. The Balaban J connectivity index is 1.99. The number of hydrogen-bond acceptors (Lipinski definition) is 4. The van der Waals surface area contributed by atoms with Crippen molar-refractivity contribution in [2.75, 3.05) is 6.61 Å². The van der Waals surface area contributed by atoms with Gasteiger partial charge in [0, 0.05) is 5.92 Å². The third kappa shape index (κ3) is 4.37. The summed E-state index contributed by atoms with van der Waals surface area (Å²) in [5.41, 5.74) is 1.09. The molecule has 1 unspecified atom stereocenters. The third-order valence-corrected chi connectivity index (χ3v) is 4.42. The second-order valence-corrected chi connectivity index (χ2v) is 6.32. The first-order valence-electron chi connectivity index (χ1n) is 7.01. The van der Waals surface area contributed by atoms with Gasteiger partial charge in [-0.15, -0.1) is 11.3 Å². The van der Waals surface area contributed by atoms with Gasteiger partial charge in [-0.25, -0.2) is 4.98 Å². The van der Waals surface area contributed by atoms with Crippen LogP contribution in [0.1, 0.15) is 40.0 Å². The van der Waals surface area contributed by atoms with Gasteiger partial charge in [0.1, 0.15) is 4.88 Å². The third-order valence-electron chi connectivity index (χ3n) is 3.12. The largest absolute Gasteiger partial charge is 0.394 e. The molecule has 1 aromatic carbocycles. The molecule has 1 amide bonds. The molecule has 5 heteroatoms. The van der Waals surface area contributed by atoms with Gasteiger partial charge < -0.3 is 10.4 Å². The number of carbonyl (C=O) groups is 1. The minimum atomic E-state index is -0.288. The normalized spacial score (nSPS) is 12.4. The fraction of sp³-hybridized carbons (Fsp3) is 0.375. The molecule has 0 aliphatic heterocycles. The Morgan fingerprint density at radius 1 is 1.33 bits per heavy atom. The Morgan fingerprint density at radius 3 is 2.62 bits per heavy atom. The van der Waals surface area contributed by atoms with Crippen molar-refractivity contribution in [2.45, 2.75) is 32.2 Å². The van der Waals surface area contributed by atoms with Crippen LogP contribution in [0.3, 0.4) is 0 Å². The maximum absolute atomic E-state index is 12.2. The fourth-order valence-electron chi connectivity index (χ4n) is 1.98. The molecule has 1 heterocycles. The van der Waals surface area contributed by atoms with E-state index in [1.165, 1.54) is 11.3 Å². The maximum Gasteiger partial charge on any atom is 0.263 e. The van der Waals surface area contributed by atoms with E-state index in [1.54, 1.807) is 6.20 Å². The molecule has 2 rings (SSSR count). The molecule has 2 aromatic rings. The summed E-state index contributed by atoms with van der Waals surface area (Å²) in [5, 5.41) is 13.3. The molecule has 0 spiro atoms. The van der Waals surface area contributed by atoms with Crippen LogP contribution >= 0.6 is 11.3 Å². The second kappa shape index (κ2) is 7.33. The van der Waals surface area contributed by atoms with Gasteiger partial charge in [0.15, 0.2) is 0 Å². The van der Waals surface area contributed by atoms with Gasteiger partial charge >= 0.3 is 0 Å². The highest BCUT2D eigenvalue weighted by Crippen LogP contribution is 2.21. The number of amides is 1. The first-order chi connectivity index (χ1) is 10.1. The van der Waals surface area contributed by atoms with Crippen molar-refractivity contribution in [3.8, 4) is 0 Å². The van der Waals surface area contributed by atoms with Gasteiger partial charge in [-0.3, -0.25) is 4.79 Å².